The summed E-state index contributed by atoms with van der Waals surface area (Å²) in [7, 11) is 0. The smallest absolute Gasteiger partial charge is 0.351 e. The lowest BCUT2D eigenvalue weighted by molar-refractivity contribution is -0.383. The Bertz CT molecular complexity index is 1120. The van der Waals surface area contributed by atoms with Gasteiger partial charge >= 0.3 is 5.69 Å². The Labute approximate surface area is 199 Å². The van der Waals surface area contributed by atoms with E-state index < -0.39 is 10.8 Å². The van der Waals surface area contributed by atoms with Gasteiger partial charge in [-0.3, -0.25) is 25.8 Å². The summed E-state index contributed by atoms with van der Waals surface area (Å²) in [5, 5.41) is 11.9. The van der Waals surface area contributed by atoms with E-state index in [0.717, 1.165) is 23.7 Å². The van der Waals surface area contributed by atoms with Crippen molar-refractivity contribution < 1.29 is 9.72 Å². The van der Waals surface area contributed by atoms with E-state index in [2.05, 4.69) is 48.9 Å². The monoisotopic (exact) mass is 510 g/mol. The van der Waals surface area contributed by atoms with E-state index >= 15 is 0 Å². The summed E-state index contributed by atoms with van der Waals surface area (Å²) in [5.41, 5.74) is 6.53. The number of piperidine rings is 1. The molecule has 0 atom stereocenters. The average Bonchev–Trinajstić information content (AvgIpc) is 2.84. The van der Waals surface area contributed by atoms with Gasteiger partial charge in [0.05, 0.1) is 4.92 Å². The quantitative estimate of drug-likeness (QED) is 0.358. The molecule has 3 aromatic rings. The molecule has 9 nitrogen and oxygen atoms in total. The number of aromatic nitrogens is 2. The van der Waals surface area contributed by atoms with Crippen LogP contribution in [0.2, 0.25) is 0 Å². The highest BCUT2D eigenvalue weighted by Gasteiger charge is 2.30. The molecule has 1 aliphatic heterocycles. The van der Waals surface area contributed by atoms with E-state index in [4.69, 9.17) is 0 Å². The lowest BCUT2D eigenvalue weighted by Gasteiger charge is -2.32. The van der Waals surface area contributed by atoms with Crippen LogP contribution in [0, 0.1) is 16.0 Å². The molecule has 1 aliphatic rings. The molecular weight excluding hydrogens is 488 g/mol. The van der Waals surface area contributed by atoms with Crippen molar-refractivity contribution in [3.63, 3.8) is 0 Å². The molecule has 0 aliphatic carbocycles. The molecule has 1 saturated heterocycles. The molecule has 0 radical (unpaired) electrons. The summed E-state index contributed by atoms with van der Waals surface area (Å²) in [4.78, 5) is 33.9. The van der Waals surface area contributed by atoms with Gasteiger partial charge in [0.25, 0.3) is 5.91 Å². The molecule has 1 fully saturated rings. The fraction of sp³-hybridized carbons (Fsp3) is 0.261. The van der Waals surface area contributed by atoms with Gasteiger partial charge in [-0.2, -0.15) is 0 Å². The molecular formula is C23H23BrN6O3. The first-order valence-electron chi connectivity index (χ1n) is 10.6. The lowest BCUT2D eigenvalue weighted by Crippen LogP contribution is -2.36. The second-order valence-corrected chi connectivity index (χ2v) is 8.77. The molecule has 4 rings (SSSR count). The number of rotatable bonds is 7. The van der Waals surface area contributed by atoms with Crippen molar-refractivity contribution in [1.82, 2.24) is 15.4 Å². The maximum atomic E-state index is 12.4. The molecule has 0 saturated carbocycles. The third-order valence-electron chi connectivity index (χ3n) is 5.67. The molecule has 2 N–H and O–H groups in total. The third kappa shape index (κ3) is 5.64. The molecule has 0 unspecified atom stereocenters. The molecule has 0 spiro atoms. The first-order chi connectivity index (χ1) is 16.0. The standard InChI is InChI=1S/C23H23BrN6O3/c24-19-8-6-18(7-9-19)23(31)28-27-21-20(30(32)33)22(26-15-25-21)29-12-10-17(11-13-29)14-16-4-2-1-3-5-16/h1-9,15,17H,10-14H2,(H,28,31)(H,25,26,27). The van der Waals surface area contributed by atoms with Gasteiger partial charge in [-0.1, -0.05) is 46.3 Å². The Balaban J connectivity index is 1.43. The largest absolute Gasteiger partial charge is 0.355 e. The van der Waals surface area contributed by atoms with Gasteiger partial charge in [-0.15, -0.1) is 0 Å². The first kappa shape index (κ1) is 22.7. The lowest BCUT2D eigenvalue weighted by atomic mass is 9.90. The Morgan fingerprint density at radius 3 is 2.45 bits per heavy atom. The van der Waals surface area contributed by atoms with Crippen LogP contribution >= 0.6 is 15.9 Å². The minimum Gasteiger partial charge on any atom is -0.351 e. The first-order valence-corrected chi connectivity index (χ1v) is 11.4. The Morgan fingerprint density at radius 1 is 1.09 bits per heavy atom. The fourth-order valence-corrected chi connectivity index (χ4v) is 4.21. The zero-order valence-corrected chi connectivity index (χ0v) is 19.4. The number of amides is 1. The van der Waals surface area contributed by atoms with Crippen LogP contribution in [0.1, 0.15) is 28.8 Å². The number of halogens is 1. The van der Waals surface area contributed by atoms with Gasteiger partial charge in [0.15, 0.2) is 0 Å². The normalized spacial score (nSPS) is 14.0. The highest BCUT2D eigenvalue weighted by atomic mass is 79.9. The van der Waals surface area contributed by atoms with Crippen LogP contribution in [-0.4, -0.2) is 33.9 Å². The number of hydrazine groups is 1. The average molecular weight is 511 g/mol. The summed E-state index contributed by atoms with van der Waals surface area (Å²) < 4.78 is 0.843. The van der Waals surface area contributed by atoms with Crippen molar-refractivity contribution >= 4 is 39.2 Å². The molecule has 33 heavy (non-hydrogen) atoms. The van der Waals surface area contributed by atoms with Crippen LogP contribution in [-0.2, 0) is 6.42 Å². The minimum absolute atomic E-state index is 0.0538. The Morgan fingerprint density at radius 2 is 1.79 bits per heavy atom. The number of hydrogen-bond donors (Lipinski definition) is 2. The van der Waals surface area contributed by atoms with Crippen molar-refractivity contribution in [3.05, 3.63) is 86.6 Å². The van der Waals surface area contributed by atoms with Gasteiger partial charge in [-0.25, -0.2) is 9.97 Å². The van der Waals surface area contributed by atoms with Crippen LogP contribution < -0.4 is 15.8 Å². The predicted molar refractivity (Wildman–Crippen MR) is 129 cm³/mol. The van der Waals surface area contributed by atoms with Crippen molar-refractivity contribution in [2.45, 2.75) is 19.3 Å². The number of nitrogens with zero attached hydrogens (tertiary/aromatic N) is 4. The predicted octanol–water partition coefficient (Wildman–Crippen LogP) is 4.36. The van der Waals surface area contributed by atoms with Crippen molar-refractivity contribution in [3.8, 4) is 0 Å². The summed E-state index contributed by atoms with van der Waals surface area (Å²) in [5.74, 6) is 0.293. The van der Waals surface area contributed by atoms with Gasteiger partial charge in [-0.05, 0) is 55.0 Å². The zero-order chi connectivity index (χ0) is 23.2. The number of hydrogen-bond acceptors (Lipinski definition) is 7. The van der Waals surface area contributed by atoms with E-state index in [9.17, 15) is 14.9 Å². The molecule has 2 aromatic carbocycles. The van der Waals surface area contributed by atoms with E-state index in [1.54, 1.807) is 24.3 Å². The van der Waals surface area contributed by atoms with Gasteiger partial charge in [0.2, 0.25) is 11.6 Å². The van der Waals surface area contributed by atoms with Gasteiger partial charge < -0.3 is 4.90 Å². The van der Waals surface area contributed by atoms with Crippen molar-refractivity contribution in [1.29, 1.82) is 0 Å². The topological polar surface area (TPSA) is 113 Å². The number of carbonyl (C=O) groups is 1. The number of nitrogens with one attached hydrogen (secondary N) is 2. The van der Waals surface area contributed by atoms with Gasteiger partial charge in [0.1, 0.15) is 6.33 Å². The highest BCUT2D eigenvalue weighted by Crippen LogP contribution is 2.34. The van der Waals surface area contributed by atoms with Crippen molar-refractivity contribution in [2.75, 3.05) is 23.4 Å². The second kappa shape index (κ2) is 10.4. The van der Waals surface area contributed by atoms with Crippen LogP contribution in [0.5, 0.6) is 0 Å². The summed E-state index contributed by atoms with van der Waals surface area (Å²) in [6.07, 6.45) is 4.10. The second-order valence-electron chi connectivity index (χ2n) is 7.86. The number of benzene rings is 2. The zero-order valence-electron chi connectivity index (χ0n) is 17.8. The molecule has 10 heteroatoms. The Hall–Kier alpha value is -3.53. The third-order valence-corrected chi connectivity index (χ3v) is 6.20. The molecule has 170 valence electrons. The number of nitro groups is 1. The number of anilines is 2. The molecule has 1 amide bonds. The van der Waals surface area contributed by atoms with E-state index in [-0.39, 0.29) is 17.3 Å². The summed E-state index contributed by atoms with van der Waals surface area (Å²) in [6.45, 7) is 1.33. The highest BCUT2D eigenvalue weighted by molar-refractivity contribution is 9.10. The minimum atomic E-state index is -0.514. The molecule has 0 bridgehead atoms. The van der Waals surface area contributed by atoms with E-state index in [0.29, 0.717) is 24.6 Å². The maximum absolute atomic E-state index is 12.4. The molecule has 1 aromatic heterocycles. The van der Waals surface area contributed by atoms with Crippen LogP contribution in [0.4, 0.5) is 17.3 Å². The van der Waals surface area contributed by atoms with Crippen LogP contribution in [0.15, 0.2) is 65.4 Å². The van der Waals surface area contributed by atoms with E-state index in [1.807, 2.05) is 23.1 Å². The Kier molecular flexibility index (Phi) is 7.13. The fourth-order valence-electron chi connectivity index (χ4n) is 3.95. The van der Waals surface area contributed by atoms with E-state index in [1.165, 1.54) is 11.9 Å². The number of carbonyl (C=O) groups excluding carboxylic acids is 1. The van der Waals surface area contributed by atoms with Crippen molar-refractivity contribution in [2.24, 2.45) is 5.92 Å². The van der Waals surface area contributed by atoms with Crippen LogP contribution in [0.3, 0.4) is 0 Å². The molecule has 2 heterocycles. The maximum Gasteiger partial charge on any atom is 0.355 e. The summed E-state index contributed by atoms with van der Waals surface area (Å²) in [6, 6.07) is 17.1. The summed E-state index contributed by atoms with van der Waals surface area (Å²) >= 11 is 3.32. The SMILES string of the molecule is O=C(NNc1ncnc(N2CCC(Cc3ccccc3)CC2)c1[N+](=O)[O-])c1ccc(Br)cc1. The van der Waals surface area contributed by atoms with Gasteiger partial charge in [0, 0.05) is 23.1 Å². The van der Waals surface area contributed by atoms with Crippen LogP contribution in [0.25, 0.3) is 0 Å².